The summed E-state index contributed by atoms with van der Waals surface area (Å²) in [7, 11) is 0. The third kappa shape index (κ3) is 1.72. The van der Waals surface area contributed by atoms with E-state index in [1.807, 2.05) is 30.7 Å². The van der Waals surface area contributed by atoms with Crippen molar-refractivity contribution in [1.29, 1.82) is 0 Å². The first-order valence-corrected chi connectivity index (χ1v) is 5.74. The van der Waals surface area contributed by atoms with Crippen molar-refractivity contribution >= 4 is 17.6 Å². The van der Waals surface area contributed by atoms with E-state index in [-0.39, 0.29) is 5.92 Å². The Labute approximate surface area is 92.1 Å². The molecule has 2 aromatic rings. The van der Waals surface area contributed by atoms with E-state index in [9.17, 15) is 4.79 Å². The molecule has 0 radical (unpaired) electrons. The van der Waals surface area contributed by atoms with Gasteiger partial charge in [0, 0.05) is 16.6 Å². The van der Waals surface area contributed by atoms with E-state index in [1.54, 1.807) is 11.3 Å². The zero-order valence-corrected chi connectivity index (χ0v) is 9.47. The Morgan fingerprint density at radius 3 is 2.87 bits per heavy atom. The van der Waals surface area contributed by atoms with Crippen LogP contribution in [0, 0.1) is 0 Å². The first-order valence-electron chi connectivity index (χ1n) is 4.80. The number of nitrogens with one attached hydrogen (secondary N) is 1. The molecule has 0 saturated heterocycles. The van der Waals surface area contributed by atoms with Crippen molar-refractivity contribution in [3.8, 4) is 11.3 Å². The molecule has 78 valence electrons. The summed E-state index contributed by atoms with van der Waals surface area (Å²) in [6, 6.07) is 1.97. The number of hydrogen-bond acceptors (Lipinski definition) is 3. The highest BCUT2D eigenvalue weighted by molar-refractivity contribution is 7.08. The minimum Gasteiger partial charge on any atom is -0.298 e. The molecule has 0 aliphatic heterocycles. The Balaban J connectivity index is 2.54. The maximum absolute atomic E-state index is 11.1. The average Bonchev–Trinajstić information content (AvgIpc) is 2.85. The fourth-order valence-electron chi connectivity index (χ4n) is 1.54. The number of carbonyl (C=O) groups is 1. The van der Waals surface area contributed by atoms with Gasteiger partial charge in [-0.05, 0) is 17.4 Å². The molecular weight excluding hydrogens is 208 g/mol. The smallest absolute Gasteiger partial charge is 0.154 e. The third-order valence-corrected chi connectivity index (χ3v) is 3.01. The van der Waals surface area contributed by atoms with Crippen LogP contribution in [0.5, 0.6) is 0 Å². The lowest BCUT2D eigenvalue weighted by atomic mass is 10.0. The number of aromatic nitrogens is 2. The van der Waals surface area contributed by atoms with Gasteiger partial charge in [0.1, 0.15) is 5.69 Å². The number of aldehydes is 1. The molecule has 15 heavy (non-hydrogen) atoms. The van der Waals surface area contributed by atoms with Crippen molar-refractivity contribution in [2.24, 2.45) is 0 Å². The van der Waals surface area contributed by atoms with E-state index in [2.05, 4.69) is 10.2 Å². The van der Waals surface area contributed by atoms with Gasteiger partial charge in [0.25, 0.3) is 0 Å². The van der Waals surface area contributed by atoms with Gasteiger partial charge in [-0.2, -0.15) is 16.4 Å². The van der Waals surface area contributed by atoms with E-state index >= 15 is 0 Å². The first kappa shape index (κ1) is 10.1. The molecule has 1 N–H and O–H groups in total. The van der Waals surface area contributed by atoms with Crippen molar-refractivity contribution in [3.63, 3.8) is 0 Å². The van der Waals surface area contributed by atoms with E-state index in [4.69, 9.17) is 0 Å². The normalized spacial score (nSPS) is 10.9. The van der Waals surface area contributed by atoms with Gasteiger partial charge >= 0.3 is 0 Å². The van der Waals surface area contributed by atoms with Gasteiger partial charge < -0.3 is 0 Å². The van der Waals surface area contributed by atoms with Crippen LogP contribution >= 0.6 is 11.3 Å². The average molecular weight is 220 g/mol. The topological polar surface area (TPSA) is 45.8 Å². The van der Waals surface area contributed by atoms with E-state index in [0.717, 1.165) is 23.2 Å². The Kier molecular flexibility index (Phi) is 2.68. The monoisotopic (exact) mass is 220 g/mol. The molecule has 0 aliphatic rings. The molecule has 4 heteroatoms. The maximum atomic E-state index is 11.1. The van der Waals surface area contributed by atoms with Crippen molar-refractivity contribution < 1.29 is 4.79 Å². The molecule has 0 bridgehead atoms. The summed E-state index contributed by atoms with van der Waals surface area (Å²) in [4.78, 5) is 11.1. The standard InChI is InChI=1S/C11H12N2OS/c1-7(2)10-9(5-14)11(13-12-10)8-3-4-15-6-8/h3-7H,1-2H3,(H,12,13). The Morgan fingerprint density at radius 2 is 2.33 bits per heavy atom. The number of rotatable bonds is 3. The molecule has 0 aromatic carbocycles. The Hall–Kier alpha value is -1.42. The molecular formula is C11H12N2OS. The fourth-order valence-corrected chi connectivity index (χ4v) is 2.18. The third-order valence-electron chi connectivity index (χ3n) is 2.32. The highest BCUT2D eigenvalue weighted by Gasteiger charge is 2.16. The summed E-state index contributed by atoms with van der Waals surface area (Å²) in [6.45, 7) is 4.08. The second-order valence-corrected chi connectivity index (χ2v) is 4.46. The number of nitrogens with zero attached hydrogens (tertiary/aromatic N) is 1. The van der Waals surface area contributed by atoms with Crippen LogP contribution in [0.15, 0.2) is 16.8 Å². The largest absolute Gasteiger partial charge is 0.298 e. The van der Waals surface area contributed by atoms with Crippen LogP contribution in [0.1, 0.15) is 35.8 Å². The van der Waals surface area contributed by atoms with Crippen molar-refractivity contribution in [2.75, 3.05) is 0 Å². The number of carbonyl (C=O) groups excluding carboxylic acids is 1. The highest BCUT2D eigenvalue weighted by atomic mass is 32.1. The van der Waals surface area contributed by atoms with Gasteiger partial charge in [-0.15, -0.1) is 0 Å². The summed E-state index contributed by atoms with van der Waals surface area (Å²) in [5.41, 5.74) is 3.36. The lowest BCUT2D eigenvalue weighted by Gasteiger charge is -2.01. The molecule has 0 saturated carbocycles. The number of hydrogen-bond donors (Lipinski definition) is 1. The molecule has 0 spiro atoms. The Morgan fingerprint density at radius 1 is 1.53 bits per heavy atom. The van der Waals surface area contributed by atoms with Crippen molar-refractivity contribution in [3.05, 3.63) is 28.1 Å². The van der Waals surface area contributed by atoms with Gasteiger partial charge in [0.15, 0.2) is 6.29 Å². The number of thiophene rings is 1. The molecule has 2 heterocycles. The van der Waals surface area contributed by atoms with Crippen molar-refractivity contribution in [2.45, 2.75) is 19.8 Å². The van der Waals surface area contributed by atoms with Crippen LogP contribution in [0.4, 0.5) is 0 Å². The predicted octanol–water partition coefficient (Wildman–Crippen LogP) is 3.07. The fraction of sp³-hybridized carbons (Fsp3) is 0.273. The highest BCUT2D eigenvalue weighted by Crippen LogP contribution is 2.27. The molecule has 0 unspecified atom stereocenters. The summed E-state index contributed by atoms with van der Waals surface area (Å²) in [5.74, 6) is 0.282. The second-order valence-electron chi connectivity index (χ2n) is 3.68. The van der Waals surface area contributed by atoms with Crippen LogP contribution in [0.3, 0.4) is 0 Å². The SMILES string of the molecule is CC(C)c1[nH]nc(-c2ccsc2)c1C=O. The number of aromatic amines is 1. The zero-order chi connectivity index (χ0) is 10.8. The lowest BCUT2D eigenvalue weighted by molar-refractivity contribution is 0.112. The zero-order valence-electron chi connectivity index (χ0n) is 8.65. The summed E-state index contributed by atoms with van der Waals surface area (Å²) in [6.07, 6.45) is 0.881. The van der Waals surface area contributed by atoms with Gasteiger partial charge in [-0.3, -0.25) is 9.89 Å². The predicted molar refractivity (Wildman–Crippen MR) is 61.4 cm³/mol. The van der Waals surface area contributed by atoms with Crippen LogP contribution in [-0.2, 0) is 0 Å². The van der Waals surface area contributed by atoms with Crippen molar-refractivity contribution in [1.82, 2.24) is 10.2 Å². The number of H-pyrrole nitrogens is 1. The molecule has 2 aromatic heterocycles. The maximum Gasteiger partial charge on any atom is 0.154 e. The molecule has 0 amide bonds. The van der Waals surface area contributed by atoms with Crippen LogP contribution in [0.2, 0.25) is 0 Å². The summed E-state index contributed by atoms with van der Waals surface area (Å²) < 4.78 is 0. The van der Waals surface area contributed by atoms with E-state index in [1.165, 1.54) is 0 Å². The molecule has 0 aliphatic carbocycles. The Bertz CT molecular complexity index is 457. The van der Waals surface area contributed by atoms with Gasteiger partial charge in [-0.1, -0.05) is 13.8 Å². The molecule has 0 fully saturated rings. The van der Waals surface area contributed by atoms with E-state index in [0.29, 0.717) is 5.56 Å². The minimum atomic E-state index is 0.282. The summed E-state index contributed by atoms with van der Waals surface area (Å²) in [5, 5.41) is 11.1. The molecule has 2 rings (SSSR count). The van der Waals surface area contributed by atoms with Crippen LogP contribution in [-0.4, -0.2) is 16.5 Å². The van der Waals surface area contributed by atoms with Gasteiger partial charge in [0.05, 0.1) is 5.56 Å². The minimum absolute atomic E-state index is 0.282. The summed E-state index contributed by atoms with van der Waals surface area (Å²) >= 11 is 1.60. The first-order chi connectivity index (χ1) is 7.24. The van der Waals surface area contributed by atoms with Gasteiger partial charge in [0.2, 0.25) is 0 Å². The molecule has 0 atom stereocenters. The van der Waals surface area contributed by atoms with E-state index < -0.39 is 0 Å². The second kappa shape index (κ2) is 3.98. The lowest BCUT2D eigenvalue weighted by Crippen LogP contribution is -1.93. The van der Waals surface area contributed by atoms with Crippen LogP contribution in [0.25, 0.3) is 11.3 Å². The molecule has 3 nitrogen and oxygen atoms in total. The van der Waals surface area contributed by atoms with Crippen LogP contribution < -0.4 is 0 Å². The van der Waals surface area contributed by atoms with Gasteiger partial charge in [-0.25, -0.2) is 0 Å². The quantitative estimate of drug-likeness (QED) is 0.808.